The SMILES string of the molecule is CCCOc1ccc([C@H]2[C@@H]3C[NH+](C)CC=C3[C@@H](C#N)C(=N)C2(C#N)C#N)cc1OC. The largest absolute Gasteiger partial charge is 0.493 e. The van der Waals surface area contributed by atoms with Gasteiger partial charge in [-0.15, -0.1) is 0 Å². The molecule has 2 aliphatic rings. The van der Waals surface area contributed by atoms with Crippen molar-refractivity contribution in [3.05, 3.63) is 35.4 Å². The molecule has 0 spiro atoms. The molecule has 1 aromatic carbocycles. The zero-order valence-electron chi connectivity index (χ0n) is 17.5. The van der Waals surface area contributed by atoms with Gasteiger partial charge in [0.05, 0.1) is 57.8 Å². The molecule has 30 heavy (non-hydrogen) atoms. The van der Waals surface area contributed by atoms with E-state index in [-0.39, 0.29) is 11.6 Å². The Hall–Kier alpha value is -3.34. The normalized spacial score (nSPS) is 26.9. The monoisotopic (exact) mass is 404 g/mol. The van der Waals surface area contributed by atoms with Crippen LogP contribution in [0, 0.1) is 56.7 Å². The second-order valence-electron chi connectivity index (χ2n) is 7.92. The highest BCUT2D eigenvalue weighted by Crippen LogP contribution is 2.53. The van der Waals surface area contributed by atoms with Crippen LogP contribution in [0.5, 0.6) is 11.5 Å². The molecule has 1 saturated carbocycles. The van der Waals surface area contributed by atoms with Gasteiger partial charge in [-0.25, -0.2) is 0 Å². The summed E-state index contributed by atoms with van der Waals surface area (Å²) in [5, 5.41) is 38.6. The van der Waals surface area contributed by atoms with Crippen LogP contribution in [0.1, 0.15) is 24.8 Å². The lowest BCUT2D eigenvalue weighted by Crippen LogP contribution is -3.10. The fourth-order valence-corrected chi connectivity index (χ4v) is 4.64. The maximum Gasteiger partial charge on any atom is 0.189 e. The van der Waals surface area contributed by atoms with Crippen LogP contribution in [-0.2, 0) is 0 Å². The van der Waals surface area contributed by atoms with Crippen molar-refractivity contribution in [2.45, 2.75) is 19.3 Å². The summed E-state index contributed by atoms with van der Waals surface area (Å²) in [6, 6.07) is 11.9. The van der Waals surface area contributed by atoms with Crippen LogP contribution in [0.3, 0.4) is 0 Å². The van der Waals surface area contributed by atoms with Crippen molar-refractivity contribution in [2.75, 3.05) is 33.9 Å². The molecule has 0 amide bonds. The van der Waals surface area contributed by atoms with Gasteiger partial charge in [-0.05, 0) is 35.8 Å². The van der Waals surface area contributed by atoms with Crippen molar-refractivity contribution in [1.82, 2.24) is 0 Å². The molecule has 7 nitrogen and oxygen atoms in total. The molecular weight excluding hydrogens is 378 g/mol. The highest BCUT2D eigenvalue weighted by molar-refractivity contribution is 6.00. The van der Waals surface area contributed by atoms with Crippen LogP contribution >= 0.6 is 0 Å². The first-order chi connectivity index (χ1) is 14.5. The number of methoxy groups -OCH3 is 1. The van der Waals surface area contributed by atoms with Gasteiger partial charge in [-0.3, -0.25) is 0 Å². The molecule has 1 unspecified atom stereocenters. The molecule has 1 aliphatic carbocycles. The Morgan fingerprint density at radius 3 is 2.57 bits per heavy atom. The van der Waals surface area contributed by atoms with Gasteiger partial charge in [0.1, 0.15) is 5.92 Å². The van der Waals surface area contributed by atoms with Crippen LogP contribution in [0.15, 0.2) is 29.8 Å². The Balaban J connectivity index is 2.19. The molecule has 0 aromatic heterocycles. The maximum absolute atomic E-state index is 10.1. The lowest BCUT2D eigenvalue weighted by atomic mass is 9.54. The van der Waals surface area contributed by atoms with E-state index in [1.54, 1.807) is 19.2 Å². The Morgan fingerprint density at radius 2 is 1.97 bits per heavy atom. The number of nitrogens with zero attached hydrogens (tertiary/aromatic N) is 3. The zero-order valence-corrected chi connectivity index (χ0v) is 17.5. The number of nitriles is 3. The highest BCUT2D eigenvalue weighted by Gasteiger charge is 2.58. The van der Waals surface area contributed by atoms with Gasteiger partial charge in [0.25, 0.3) is 0 Å². The average molecular weight is 404 g/mol. The topological polar surface area (TPSA) is 118 Å². The number of ether oxygens (including phenoxy) is 2. The minimum atomic E-state index is -1.71. The van der Waals surface area contributed by atoms with Crippen LogP contribution < -0.4 is 14.4 Å². The van der Waals surface area contributed by atoms with Crippen LogP contribution in [0.4, 0.5) is 0 Å². The second-order valence-corrected chi connectivity index (χ2v) is 7.92. The molecule has 4 atom stereocenters. The molecule has 0 radical (unpaired) electrons. The van der Waals surface area contributed by atoms with Gasteiger partial charge in [-0.2, -0.15) is 15.8 Å². The van der Waals surface area contributed by atoms with E-state index in [1.807, 2.05) is 26.1 Å². The van der Waals surface area contributed by atoms with Gasteiger partial charge in [0.2, 0.25) is 0 Å². The molecule has 1 aromatic rings. The number of nitrogens with one attached hydrogen (secondary N) is 2. The van der Waals surface area contributed by atoms with E-state index in [2.05, 4.69) is 18.2 Å². The summed E-state index contributed by atoms with van der Waals surface area (Å²) in [5.41, 5.74) is -0.251. The number of hydrogen-bond donors (Lipinski definition) is 2. The second kappa shape index (κ2) is 8.57. The van der Waals surface area contributed by atoms with Crippen molar-refractivity contribution < 1.29 is 14.4 Å². The number of quaternary nitrogens is 1. The Kier molecular flexibility index (Phi) is 6.11. The maximum atomic E-state index is 10.1. The van der Waals surface area contributed by atoms with Crippen molar-refractivity contribution in [3.8, 4) is 29.7 Å². The van der Waals surface area contributed by atoms with E-state index < -0.39 is 17.3 Å². The van der Waals surface area contributed by atoms with E-state index in [0.717, 1.165) is 24.1 Å². The van der Waals surface area contributed by atoms with E-state index in [1.165, 1.54) is 4.90 Å². The third-order valence-electron chi connectivity index (χ3n) is 6.09. The Morgan fingerprint density at radius 1 is 1.23 bits per heavy atom. The molecule has 1 aliphatic heterocycles. The van der Waals surface area contributed by atoms with Gasteiger partial charge in [0.15, 0.2) is 16.9 Å². The third kappa shape index (κ3) is 3.30. The van der Waals surface area contributed by atoms with E-state index in [4.69, 9.17) is 14.9 Å². The fourth-order valence-electron chi connectivity index (χ4n) is 4.64. The van der Waals surface area contributed by atoms with Gasteiger partial charge >= 0.3 is 0 Å². The highest BCUT2D eigenvalue weighted by atomic mass is 16.5. The first-order valence-electron chi connectivity index (χ1n) is 10.1. The molecule has 0 bridgehead atoms. The summed E-state index contributed by atoms with van der Waals surface area (Å²) in [6.45, 7) is 4.01. The summed E-state index contributed by atoms with van der Waals surface area (Å²) >= 11 is 0. The number of fused-ring (bicyclic) bond motifs is 1. The minimum absolute atomic E-state index is 0.132. The minimum Gasteiger partial charge on any atom is -0.493 e. The number of rotatable bonds is 5. The summed E-state index contributed by atoms with van der Waals surface area (Å²) < 4.78 is 11.3. The lowest BCUT2D eigenvalue weighted by molar-refractivity contribution is -0.878. The molecule has 0 saturated heterocycles. The van der Waals surface area contributed by atoms with Crippen LogP contribution in [-0.4, -0.2) is 39.6 Å². The molecule has 1 fully saturated rings. The average Bonchev–Trinajstić information content (AvgIpc) is 2.77. The fraction of sp³-hybridized carbons (Fsp3) is 0.478. The van der Waals surface area contributed by atoms with Crippen molar-refractivity contribution >= 4 is 5.71 Å². The van der Waals surface area contributed by atoms with Gasteiger partial charge in [0, 0.05) is 11.8 Å². The molecule has 154 valence electrons. The zero-order chi connectivity index (χ0) is 21.9. The summed E-state index contributed by atoms with van der Waals surface area (Å²) in [6.07, 6.45) is 2.87. The van der Waals surface area contributed by atoms with E-state index in [0.29, 0.717) is 24.7 Å². The molecule has 1 heterocycles. The summed E-state index contributed by atoms with van der Waals surface area (Å²) in [4.78, 5) is 1.23. The van der Waals surface area contributed by atoms with Crippen molar-refractivity contribution in [1.29, 1.82) is 21.2 Å². The van der Waals surface area contributed by atoms with Gasteiger partial charge < -0.3 is 19.8 Å². The predicted octanol–water partition coefficient (Wildman–Crippen LogP) is 1.85. The smallest absolute Gasteiger partial charge is 0.189 e. The molecule has 2 N–H and O–H groups in total. The summed E-state index contributed by atoms with van der Waals surface area (Å²) in [5.74, 6) is -0.468. The number of likely N-dealkylation sites (N-methyl/N-ethyl adjacent to an activating group) is 1. The molecule has 7 heteroatoms. The van der Waals surface area contributed by atoms with E-state index >= 15 is 0 Å². The van der Waals surface area contributed by atoms with Crippen LogP contribution in [0.2, 0.25) is 0 Å². The summed E-state index contributed by atoms with van der Waals surface area (Å²) in [7, 11) is 3.60. The first-order valence-corrected chi connectivity index (χ1v) is 10.1. The van der Waals surface area contributed by atoms with Gasteiger partial charge in [-0.1, -0.05) is 13.0 Å². The predicted molar refractivity (Wildman–Crippen MR) is 110 cm³/mol. The lowest BCUT2D eigenvalue weighted by Gasteiger charge is -2.46. The van der Waals surface area contributed by atoms with Crippen molar-refractivity contribution in [3.63, 3.8) is 0 Å². The number of hydrogen-bond acceptors (Lipinski definition) is 6. The molecule has 3 rings (SSSR count). The van der Waals surface area contributed by atoms with E-state index in [9.17, 15) is 15.8 Å². The standard InChI is InChI=1S/C23H25N5O2/c1-4-9-30-19-6-5-15(10-20(19)29-3)21-18-12-28(2)8-7-16(18)17(11-24)22(27)23(21,13-25)14-26/h5-7,10,17-18,21,27H,4,8-9,12H2,1-3H3/p+1/t17-,18-,21+/m1/s1. The molecular formula is C23H26N5O2+. The third-order valence-corrected chi connectivity index (χ3v) is 6.09. The number of benzene rings is 1. The quantitative estimate of drug-likeness (QED) is 0.726. The van der Waals surface area contributed by atoms with Crippen LogP contribution in [0.25, 0.3) is 0 Å². The Bertz CT molecular complexity index is 980. The Labute approximate surface area is 177 Å². The first kappa shape index (κ1) is 21.4. The van der Waals surface area contributed by atoms with Crippen molar-refractivity contribution in [2.24, 2.45) is 17.3 Å².